The van der Waals surface area contributed by atoms with Crippen LogP contribution >= 0.6 is 11.6 Å². The molecule has 0 unspecified atom stereocenters. The molecule has 1 N–H and O–H groups in total. The van der Waals surface area contributed by atoms with Gasteiger partial charge in [-0.05, 0) is 32.4 Å². The quantitative estimate of drug-likeness (QED) is 0.877. The number of amides is 1. The van der Waals surface area contributed by atoms with Gasteiger partial charge in [0.05, 0.1) is 17.3 Å². The highest BCUT2D eigenvalue weighted by Gasteiger charge is 2.18. The Morgan fingerprint density at radius 3 is 2.77 bits per heavy atom. The van der Waals surface area contributed by atoms with Gasteiger partial charge in [0, 0.05) is 6.07 Å². The minimum absolute atomic E-state index is 0.213. The molecule has 1 aromatic carbocycles. The van der Waals surface area contributed by atoms with E-state index in [1.165, 1.54) is 0 Å². The Labute approximate surface area is 135 Å². The summed E-state index contributed by atoms with van der Waals surface area (Å²) in [6.45, 7) is 5.80. The maximum absolute atomic E-state index is 12.3. The molecule has 22 heavy (non-hydrogen) atoms. The Morgan fingerprint density at radius 2 is 2.09 bits per heavy atom. The number of carbonyl (C=O) groups excluding carboxylic acids is 1. The number of rotatable bonds is 6. The van der Waals surface area contributed by atoms with Gasteiger partial charge < -0.3 is 10.1 Å². The maximum atomic E-state index is 12.3. The Kier molecular flexibility index (Phi) is 5.44. The van der Waals surface area contributed by atoms with Crippen molar-refractivity contribution in [2.75, 3.05) is 5.32 Å². The van der Waals surface area contributed by atoms with E-state index in [1.54, 1.807) is 36.0 Å². The standard InChI is InChI=1S/C16H20ClN3O2/c1-4-11(2)20-15(9-10-18-20)19-16(21)12(3)22-14-8-6-5-7-13(14)17/h5-12H,4H2,1-3H3,(H,19,21)/t11-,12-/m0/s1. The third-order valence-corrected chi connectivity index (χ3v) is 3.75. The summed E-state index contributed by atoms with van der Waals surface area (Å²) in [5, 5.41) is 7.55. The minimum atomic E-state index is -0.666. The van der Waals surface area contributed by atoms with Crippen molar-refractivity contribution < 1.29 is 9.53 Å². The molecule has 1 amide bonds. The summed E-state index contributed by atoms with van der Waals surface area (Å²) in [6, 6.07) is 9.06. The summed E-state index contributed by atoms with van der Waals surface area (Å²) in [5.41, 5.74) is 0. The first-order chi connectivity index (χ1) is 10.5. The average Bonchev–Trinajstić information content (AvgIpc) is 2.96. The minimum Gasteiger partial charge on any atom is -0.479 e. The van der Waals surface area contributed by atoms with Gasteiger partial charge in [0.15, 0.2) is 6.10 Å². The van der Waals surface area contributed by atoms with Crippen LogP contribution in [0.3, 0.4) is 0 Å². The molecule has 0 radical (unpaired) electrons. The van der Waals surface area contributed by atoms with Crippen molar-refractivity contribution in [1.29, 1.82) is 0 Å². The van der Waals surface area contributed by atoms with Crippen molar-refractivity contribution in [3.63, 3.8) is 0 Å². The Bertz CT molecular complexity index is 642. The first-order valence-corrected chi connectivity index (χ1v) is 7.66. The molecule has 0 aliphatic heterocycles. The predicted molar refractivity (Wildman–Crippen MR) is 87.4 cm³/mol. The number of para-hydroxylation sites is 1. The van der Waals surface area contributed by atoms with E-state index in [4.69, 9.17) is 16.3 Å². The summed E-state index contributed by atoms with van der Waals surface area (Å²) >= 11 is 6.03. The van der Waals surface area contributed by atoms with Gasteiger partial charge in [0.2, 0.25) is 0 Å². The van der Waals surface area contributed by atoms with Gasteiger partial charge in [0.25, 0.3) is 5.91 Å². The molecule has 0 aliphatic carbocycles. The van der Waals surface area contributed by atoms with Crippen molar-refractivity contribution >= 4 is 23.3 Å². The molecular formula is C16H20ClN3O2. The van der Waals surface area contributed by atoms with E-state index in [0.29, 0.717) is 16.6 Å². The Morgan fingerprint density at radius 1 is 1.36 bits per heavy atom. The molecule has 5 nitrogen and oxygen atoms in total. The van der Waals surface area contributed by atoms with E-state index >= 15 is 0 Å². The number of halogens is 1. The molecule has 0 aliphatic rings. The van der Waals surface area contributed by atoms with E-state index in [9.17, 15) is 4.79 Å². The van der Waals surface area contributed by atoms with Gasteiger partial charge in [-0.1, -0.05) is 30.7 Å². The summed E-state index contributed by atoms with van der Waals surface area (Å²) in [7, 11) is 0. The highest BCUT2D eigenvalue weighted by molar-refractivity contribution is 6.32. The van der Waals surface area contributed by atoms with Gasteiger partial charge >= 0.3 is 0 Å². The number of nitrogens with zero attached hydrogens (tertiary/aromatic N) is 2. The molecule has 6 heteroatoms. The number of nitrogens with one attached hydrogen (secondary N) is 1. The number of anilines is 1. The summed E-state index contributed by atoms with van der Waals surface area (Å²) < 4.78 is 7.40. The Balaban J connectivity index is 2.03. The fraction of sp³-hybridized carbons (Fsp3) is 0.375. The SMILES string of the molecule is CC[C@H](C)n1nccc1NC(=O)[C@H](C)Oc1ccccc1Cl. The van der Waals surface area contributed by atoms with Gasteiger partial charge in [-0.15, -0.1) is 0 Å². The molecule has 0 bridgehead atoms. The van der Waals surface area contributed by atoms with Crippen LogP contribution in [0.5, 0.6) is 5.75 Å². The van der Waals surface area contributed by atoms with Crippen LogP contribution in [0.4, 0.5) is 5.82 Å². The zero-order valence-electron chi connectivity index (χ0n) is 12.9. The second-order valence-electron chi connectivity index (χ2n) is 5.10. The van der Waals surface area contributed by atoms with E-state index in [0.717, 1.165) is 6.42 Å². The number of hydrogen-bond donors (Lipinski definition) is 1. The Hall–Kier alpha value is -2.01. The molecule has 0 fully saturated rings. The van der Waals surface area contributed by atoms with Gasteiger partial charge in [-0.25, -0.2) is 4.68 Å². The van der Waals surface area contributed by atoms with E-state index < -0.39 is 6.10 Å². The number of ether oxygens (including phenoxy) is 1. The van der Waals surface area contributed by atoms with E-state index in [2.05, 4.69) is 17.3 Å². The first kappa shape index (κ1) is 16.4. The molecule has 0 saturated heterocycles. The smallest absolute Gasteiger partial charge is 0.266 e. The van der Waals surface area contributed by atoms with Crippen LogP contribution in [0.1, 0.15) is 33.2 Å². The number of benzene rings is 1. The lowest BCUT2D eigenvalue weighted by Gasteiger charge is -2.18. The molecule has 0 saturated carbocycles. The molecule has 1 heterocycles. The molecule has 1 aromatic heterocycles. The lowest BCUT2D eigenvalue weighted by atomic mass is 10.3. The summed E-state index contributed by atoms with van der Waals surface area (Å²) in [4.78, 5) is 12.3. The zero-order valence-corrected chi connectivity index (χ0v) is 13.7. The largest absolute Gasteiger partial charge is 0.479 e. The molecule has 0 spiro atoms. The van der Waals surface area contributed by atoms with Crippen molar-refractivity contribution in [3.05, 3.63) is 41.6 Å². The predicted octanol–water partition coefficient (Wildman–Crippen LogP) is 3.91. The van der Waals surface area contributed by atoms with Crippen LogP contribution < -0.4 is 10.1 Å². The third kappa shape index (κ3) is 3.80. The van der Waals surface area contributed by atoms with Crippen LogP contribution in [-0.4, -0.2) is 21.8 Å². The lowest BCUT2D eigenvalue weighted by molar-refractivity contribution is -0.122. The second-order valence-corrected chi connectivity index (χ2v) is 5.51. The summed E-state index contributed by atoms with van der Waals surface area (Å²) in [5.74, 6) is 0.904. The third-order valence-electron chi connectivity index (χ3n) is 3.44. The number of hydrogen-bond acceptors (Lipinski definition) is 3. The topological polar surface area (TPSA) is 56.2 Å². The molecule has 2 atom stereocenters. The lowest BCUT2D eigenvalue weighted by Crippen LogP contribution is -2.31. The highest BCUT2D eigenvalue weighted by Crippen LogP contribution is 2.24. The number of carbonyl (C=O) groups is 1. The first-order valence-electron chi connectivity index (χ1n) is 7.28. The van der Waals surface area contributed by atoms with Crippen LogP contribution in [0.25, 0.3) is 0 Å². The second kappa shape index (κ2) is 7.31. The average molecular weight is 322 g/mol. The zero-order chi connectivity index (χ0) is 16.1. The van der Waals surface area contributed by atoms with E-state index in [1.807, 2.05) is 19.1 Å². The van der Waals surface area contributed by atoms with Gasteiger partial charge in [0.1, 0.15) is 11.6 Å². The highest BCUT2D eigenvalue weighted by atomic mass is 35.5. The maximum Gasteiger partial charge on any atom is 0.266 e. The molecule has 2 rings (SSSR count). The van der Waals surface area contributed by atoms with Gasteiger partial charge in [-0.2, -0.15) is 5.10 Å². The molecule has 118 valence electrons. The monoisotopic (exact) mass is 321 g/mol. The van der Waals surface area contributed by atoms with Crippen molar-refractivity contribution in [2.24, 2.45) is 0 Å². The van der Waals surface area contributed by atoms with Crippen LogP contribution in [0.15, 0.2) is 36.5 Å². The normalized spacial score (nSPS) is 13.5. The van der Waals surface area contributed by atoms with Gasteiger partial charge in [-0.3, -0.25) is 4.79 Å². The van der Waals surface area contributed by atoms with Crippen LogP contribution in [-0.2, 0) is 4.79 Å². The fourth-order valence-electron chi connectivity index (χ4n) is 1.95. The van der Waals surface area contributed by atoms with Crippen molar-refractivity contribution in [1.82, 2.24) is 9.78 Å². The molecule has 2 aromatic rings. The molecular weight excluding hydrogens is 302 g/mol. The van der Waals surface area contributed by atoms with Crippen molar-refractivity contribution in [3.8, 4) is 5.75 Å². The van der Waals surface area contributed by atoms with Crippen LogP contribution in [0.2, 0.25) is 5.02 Å². The van der Waals surface area contributed by atoms with E-state index in [-0.39, 0.29) is 11.9 Å². The van der Waals surface area contributed by atoms with Crippen LogP contribution in [0, 0.1) is 0 Å². The fourth-order valence-corrected chi connectivity index (χ4v) is 2.13. The number of aromatic nitrogens is 2. The van der Waals surface area contributed by atoms with Crippen molar-refractivity contribution in [2.45, 2.75) is 39.3 Å². The summed E-state index contributed by atoms with van der Waals surface area (Å²) in [6.07, 6.45) is 1.93.